The molecular formula is C27H27F3N4O4S. The average molecular weight is 561 g/mol. The molecule has 206 valence electrons. The number of nitrogens with one attached hydrogen (secondary N) is 2. The quantitative estimate of drug-likeness (QED) is 0.439. The van der Waals surface area contributed by atoms with Crippen LogP contribution in [-0.2, 0) is 21.0 Å². The van der Waals surface area contributed by atoms with E-state index in [-0.39, 0.29) is 11.6 Å². The minimum Gasteiger partial charge on any atom is -0.326 e. The van der Waals surface area contributed by atoms with Gasteiger partial charge >= 0.3 is 12.2 Å². The third kappa shape index (κ3) is 6.51. The lowest BCUT2D eigenvalue weighted by atomic mass is 10.0. The van der Waals surface area contributed by atoms with Crippen LogP contribution < -0.4 is 19.8 Å². The fourth-order valence-electron chi connectivity index (χ4n) is 4.33. The van der Waals surface area contributed by atoms with Crippen LogP contribution in [0.1, 0.15) is 18.4 Å². The predicted molar refractivity (Wildman–Crippen MR) is 144 cm³/mol. The zero-order chi connectivity index (χ0) is 28.4. The summed E-state index contributed by atoms with van der Waals surface area (Å²) in [4.78, 5) is 27.2. The molecule has 2 N–H and O–H groups in total. The van der Waals surface area contributed by atoms with Crippen molar-refractivity contribution in [1.29, 1.82) is 0 Å². The molecule has 8 nitrogen and oxygen atoms in total. The number of rotatable bonds is 6. The third-order valence-electron chi connectivity index (χ3n) is 6.44. The molecule has 1 aliphatic heterocycles. The van der Waals surface area contributed by atoms with Crippen LogP contribution in [0.2, 0.25) is 0 Å². The van der Waals surface area contributed by atoms with Crippen molar-refractivity contribution in [3.05, 3.63) is 78.4 Å². The van der Waals surface area contributed by atoms with Gasteiger partial charge in [0.15, 0.2) is 0 Å². The fourth-order valence-corrected chi connectivity index (χ4v) is 4.84. The number of nitrogens with zero attached hydrogens (tertiary/aromatic N) is 2. The molecule has 0 radical (unpaired) electrons. The van der Waals surface area contributed by atoms with E-state index in [4.69, 9.17) is 0 Å². The van der Waals surface area contributed by atoms with Crippen LogP contribution in [0.15, 0.2) is 72.8 Å². The monoisotopic (exact) mass is 560 g/mol. The van der Waals surface area contributed by atoms with Gasteiger partial charge in [-0.3, -0.25) is 9.10 Å². The number of piperidine rings is 1. The number of halogens is 3. The summed E-state index contributed by atoms with van der Waals surface area (Å²) >= 11 is 0. The first-order chi connectivity index (χ1) is 18.3. The molecule has 1 saturated heterocycles. The second kappa shape index (κ2) is 11.0. The van der Waals surface area contributed by atoms with Crippen LogP contribution in [0.4, 0.5) is 35.0 Å². The number of para-hydroxylation sites is 1. The number of amides is 3. The van der Waals surface area contributed by atoms with Crippen LogP contribution >= 0.6 is 0 Å². The van der Waals surface area contributed by atoms with Gasteiger partial charge in [-0.2, -0.15) is 13.2 Å². The maximum atomic E-state index is 13.2. The molecule has 39 heavy (non-hydrogen) atoms. The van der Waals surface area contributed by atoms with E-state index in [9.17, 15) is 31.2 Å². The fraction of sp³-hybridized carbons (Fsp3) is 0.259. The number of anilines is 3. The summed E-state index contributed by atoms with van der Waals surface area (Å²) in [6.07, 6.45) is -2.31. The topological polar surface area (TPSA) is 98.8 Å². The van der Waals surface area contributed by atoms with Gasteiger partial charge in [0.2, 0.25) is 15.9 Å². The van der Waals surface area contributed by atoms with Crippen molar-refractivity contribution in [1.82, 2.24) is 5.32 Å². The first kappa shape index (κ1) is 28.0. The SMILES string of the molecule is CN(c1ccccc1-c1ccc(N2CCC[C@@H](NC(=O)Nc3ccc(C(F)(F)F)cc3)C2=O)cc1)S(C)(=O)=O. The van der Waals surface area contributed by atoms with Crippen molar-refractivity contribution >= 4 is 39.0 Å². The number of carbonyl (C=O) groups excluding carboxylic acids is 2. The van der Waals surface area contributed by atoms with Crippen molar-refractivity contribution in [2.24, 2.45) is 0 Å². The minimum absolute atomic E-state index is 0.165. The van der Waals surface area contributed by atoms with Crippen LogP contribution in [0.5, 0.6) is 0 Å². The highest BCUT2D eigenvalue weighted by molar-refractivity contribution is 7.92. The summed E-state index contributed by atoms with van der Waals surface area (Å²) in [7, 11) is -1.99. The maximum Gasteiger partial charge on any atom is 0.416 e. The van der Waals surface area contributed by atoms with Crippen molar-refractivity contribution in [2.75, 3.05) is 34.4 Å². The van der Waals surface area contributed by atoms with Gasteiger partial charge in [0.25, 0.3) is 0 Å². The van der Waals surface area contributed by atoms with Gasteiger partial charge < -0.3 is 15.5 Å². The van der Waals surface area contributed by atoms with Crippen LogP contribution in [0.25, 0.3) is 11.1 Å². The standard InChI is InChI=1S/C27H27F3N4O4S/c1-33(39(2,37)38)24-8-4-3-6-22(24)18-9-15-21(16-10-18)34-17-5-7-23(25(34)35)32-26(36)31-20-13-11-19(12-14-20)27(28,29)30/h3-4,6,8-16,23H,5,7,17H2,1-2H3,(H2,31,32,36)/t23-/m1/s1. The highest BCUT2D eigenvalue weighted by Crippen LogP contribution is 2.33. The number of hydrogen-bond donors (Lipinski definition) is 2. The smallest absolute Gasteiger partial charge is 0.326 e. The van der Waals surface area contributed by atoms with Gasteiger partial charge in [-0.15, -0.1) is 0 Å². The van der Waals surface area contributed by atoms with Crippen molar-refractivity contribution in [2.45, 2.75) is 25.1 Å². The molecule has 3 aromatic rings. The molecule has 0 aliphatic carbocycles. The molecule has 0 unspecified atom stereocenters. The highest BCUT2D eigenvalue weighted by Gasteiger charge is 2.32. The molecule has 0 aromatic heterocycles. The normalized spacial score (nSPS) is 16.1. The Labute approximate surface area is 224 Å². The largest absolute Gasteiger partial charge is 0.416 e. The minimum atomic E-state index is -4.48. The lowest BCUT2D eigenvalue weighted by molar-refractivity contribution is -0.137. The Morgan fingerprint density at radius 2 is 1.64 bits per heavy atom. The Hall–Kier alpha value is -4.06. The van der Waals surface area contributed by atoms with Crippen molar-refractivity contribution in [3.63, 3.8) is 0 Å². The number of alkyl halides is 3. The van der Waals surface area contributed by atoms with E-state index in [1.807, 2.05) is 12.1 Å². The van der Waals surface area contributed by atoms with E-state index in [0.717, 1.165) is 36.1 Å². The molecule has 1 heterocycles. The highest BCUT2D eigenvalue weighted by atomic mass is 32.2. The van der Waals surface area contributed by atoms with Crippen molar-refractivity contribution in [3.8, 4) is 11.1 Å². The van der Waals surface area contributed by atoms with E-state index in [1.54, 1.807) is 41.3 Å². The van der Waals surface area contributed by atoms with E-state index in [1.165, 1.54) is 11.4 Å². The van der Waals surface area contributed by atoms with Crippen molar-refractivity contribution < 1.29 is 31.2 Å². The first-order valence-corrected chi connectivity index (χ1v) is 13.9. The number of hydrogen-bond acceptors (Lipinski definition) is 4. The second-order valence-corrected chi connectivity index (χ2v) is 11.2. The Morgan fingerprint density at radius 3 is 2.26 bits per heavy atom. The molecule has 1 fully saturated rings. The van der Waals surface area contributed by atoms with E-state index in [0.29, 0.717) is 36.3 Å². The molecule has 12 heteroatoms. The Morgan fingerprint density at radius 1 is 1.00 bits per heavy atom. The summed E-state index contributed by atoms with van der Waals surface area (Å²) < 4.78 is 63.6. The summed E-state index contributed by atoms with van der Waals surface area (Å²) in [6, 6.07) is 16.7. The molecule has 1 aliphatic rings. The first-order valence-electron chi connectivity index (χ1n) is 12.0. The predicted octanol–water partition coefficient (Wildman–Crippen LogP) is 5.09. The molecule has 4 rings (SSSR count). The Bertz CT molecular complexity index is 1460. The molecular weight excluding hydrogens is 533 g/mol. The molecule has 3 amide bonds. The summed E-state index contributed by atoms with van der Waals surface area (Å²) in [5.74, 6) is -0.311. The number of urea groups is 1. The van der Waals surface area contributed by atoms with Crippen LogP contribution in [-0.4, -0.2) is 46.2 Å². The molecule has 0 bridgehead atoms. The van der Waals surface area contributed by atoms with Gasteiger partial charge in [0.1, 0.15) is 6.04 Å². The maximum absolute atomic E-state index is 13.2. The van der Waals surface area contributed by atoms with Gasteiger partial charge in [-0.25, -0.2) is 13.2 Å². The van der Waals surface area contributed by atoms with Gasteiger partial charge in [-0.1, -0.05) is 30.3 Å². The van der Waals surface area contributed by atoms with Crippen LogP contribution in [0, 0.1) is 0 Å². The van der Waals surface area contributed by atoms with Gasteiger partial charge in [-0.05, 0) is 60.9 Å². The molecule has 0 spiro atoms. The van der Waals surface area contributed by atoms with Gasteiger partial charge in [0, 0.05) is 30.5 Å². The number of benzene rings is 3. The lowest BCUT2D eigenvalue weighted by Crippen LogP contribution is -2.53. The summed E-state index contributed by atoms with van der Waals surface area (Å²) in [5.41, 5.74) is 1.94. The lowest BCUT2D eigenvalue weighted by Gasteiger charge is -2.32. The van der Waals surface area contributed by atoms with Crippen LogP contribution in [0.3, 0.4) is 0 Å². The number of carbonyl (C=O) groups is 2. The van der Waals surface area contributed by atoms with E-state index >= 15 is 0 Å². The average Bonchev–Trinajstić information content (AvgIpc) is 2.89. The second-order valence-electron chi connectivity index (χ2n) is 9.15. The zero-order valence-corrected chi connectivity index (χ0v) is 22.0. The van der Waals surface area contributed by atoms with E-state index in [2.05, 4.69) is 10.6 Å². The van der Waals surface area contributed by atoms with Gasteiger partial charge in [0.05, 0.1) is 17.5 Å². The molecule has 3 aromatic carbocycles. The Balaban J connectivity index is 1.44. The Kier molecular flexibility index (Phi) is 7.86. The third-order valence-corrected chi connectivity index (χ3v) is 7.64. The summed E-state index contributed by atoms with van der Waals surface area (Å²) in [5, 5.41) is 5.07. The molecule has 0 saturated carbocycles. The molecule has 1 atom stereocenters. The zero-order valence-electron chi connectivity index (χ0n) is 21.2. The number of sulfonamides is 1. The van der Waals surface area contributed by atoms with E-state index < -0.39 is 33.8 Å². The summed E-state index contributed by atoms with van der Waals surface area (Å²) in [6.45, 7) is 0.449.